The van der Waals surface area contributed by atoms with Crippen molar-refractivity contribution in [1.82, 2.24) is 0 Å². The van der Waals surface area contributed by atoms with Gasteiger partial charge in [-0.05, 0) is 43.4 Å². The molecule has 1 fully saturated rings. The fraction of sp³-hybridized carbons (Fsp3) is 0.538. The molecule has 1 unspecified atom stereocenters. The van der Waals surface area contributed by atoms with Crippen LogP contribution in [-0.2, 0) is 4.74 Å². The van der Waals surface area contributed by atoms with Gasteiger partial charge in [-0.15, -0.1) is 0 Å². The van der Waals surface area contributed by atoms with Crippen LogP contribution in [0.5, 0.6) is 0 Å². The lowest BCUT2D eigenvalue weighted by Crippen LogP contribution is -2.48. The van der Waals surface area contributed by atoms with Crippen LogP contribution < -0.4 is 5.73 Å². The number of methoxy groups -OCH3 is 1. The van der Waals surface area contributed by atoms with Crippen molar-refractivity contribution in [3.63, 3.8) is 0 Å². The Morgan fingerprint density at radius 2 is 2.12 bits per heavy atom. The van der Waals surface area contributed by atoms with Crippen LogP contribution in [-0.4, -0.2) is 12.7 Å². The first-order valence-electron chi connectivity index (χ1n) is 5.66. The summed E-state index contributed by atoms with van der Waals surface area (Å²) in [6.45, 7) is 1.75. The van der Waals surface area contributed by atoms with E-state index in [0.29, 0.717) is 5.56 Å². The van der Waals surface area contributed by atoms with Crippen LogP contribution in [0, 0.1) is 12.7 Å². The number of halogens is 1. The van der Waals surface area contributed by atoms with Crippen LogP contribution in [0.1, 0.15) is 36.4 Å². The summed E-state index contributed by atoms with van der Waals surface area (Å²) in [5.74, 6) is -0.196. The molecule has 0 saturated heterocycles. The fourth-order valence-corrected chi connectivity index (χ4v) is 2.27. The maximum absolute atomic E-state index is 13.5. The van der Waals surface area contributed by atoms with Crippen molar-refractivity contribution in [2.45, 2.75) is 37.8 Å². The van der Waals surface area contributed by atoms with E-state index in [2.05, 4.69) is 0 Å². The molecule has 1 aromatic carbocycles. The van der Waals surface area contributed by atoms with Crippen molar-refractivity contribution < 1.29 is 9.13 Å². The summed E-state index contributed by atoms with van der Waals surface area (Å²) < 4.78 is 19.0. The molecule has 0 spiro atoms. The Bertz CT molecular complexity index is 382. The lowest BCUT2D eigenvalue weighted by Gasteiger charge is -2.45. The average Bonchev–Trinajstić information content (AvgIpc) is 2.21. The quantitative estimate of drug-likeness (QED) is 0.855. The second kappa shape index (κ2) is 4.15. The summed E-state index contributed by atoms with van der Waals surface area (Å²) in [6, 6.07) is 4.95. The van der Waals surface area contributed by atoms with Gasteiger partial charge in [-0.1, -0.05) is 12.1 Å². The highest BCUT2D eigenvalue weighted by Gasteiger charge is 2.43. The van der Waals surface area contributed by atoms with E-state index in [9.17, 15) is 4.39 Å². The van der Waals surface area contributed by atoms with Crippen molar-refractivity contribution in [3.05, 3.63) is 35.1 Å². The van der Waals surface area contributed by atoms with Gasteiger partial charge >= 0.3 is 0 Å². The number of ether oxygens (including phenoxy) is 1. The minimum Gasteiger partial charge on any atom is -0.376 e. The molecule has 1 aliphatic carbocycles. The van der Waals surface area contributed by atoms with E-state index in [-0.39, 0.29) is 17.5 Å². The Morgan fingerprint density at radius 1 is 1.44 bits per heavy atom. The maximum atomic E-state index is 13.5. The Balaban J connectivity index is 2.26. The SMILES string of the molecule is COC1(C(N)c2ccc(C)c(F)c2)CCC1. The topological polar surface area (TPSA) is 35.2 Å². The number of hydrogen-bond donors (Lipinski definition) is 1. The third-order valence-corrected chi connectivity index (χ3v) is 3.73. The van der Waals surface area contributed by atoms with E-state index in [4.69, 9.17) is 10.5 Å². The average molecular weight is 223 g/mol. The van der Waals surface area contributed by atoms with E-state index in [1.807, 2.05) is 6.07 Å². The molecule has 1 atom stereocenters. The summed E-state index contributed by atoms with van der Waals surface area (Å²) in [6.07, 6.45) is 3.05. The highest BCUT2D eigenvalue weighted by molar-refractivity contribution is 5.28. The first-order valence-corrected chi connectivity index (χ1v) is 5.66. The smallest absolute Gasteiger partial charge is 0.126 e. The summed E-state index contributed by atoms with van der Waals surface area (Å²) >= 11 is 0. The van der Waals surface area contributed by atoms with Crippen molar-refractivity contribution in [2.24, 2.45) is 5.73 Å². The van der Waals surface area contributed by atoms with Gasteiger partial charge in [0.2, 0.25) is 0 Å². The molecule has 2 rings (SSSR count). The second-order valence-electron chi connectivity index (χ2n) is 4.61. The largest absolute Gasteiger partial charge is 0.376 e. The van der Waals surface area contributed by atoms with Crippen LogP contribution >= 0.6 is 0 Å². The molecule has 0 amide bonds. The molecule has 16 heavy (non-hydrogen) atoms. The Labute approximate surface area is 95.6 Å². The zero-order chi connectivity index (χ0) is 11.8. The van der Waals surface area contributed by atoms with Crippen LogP contribution in [0.3, 0.4) is 0 Å². The third-order valence-electron chi connectivity index (χ3n) is 3.73. The normalized spacial score (nSPS) is 20.2. The lowest BCUT2D eigenvalue weighted by atomic mass is 9.72. The molecule has 88 valence electrons. The molecule has 3 heteroatoms. The predicted molar refractivity (Wildman–Crippen MR) is 61.7 cm³/mol. The van der Waals surface area contributed by atoms with Gasteiger partial charge in [0.25, 0.3) is 0 Å². The number of aryl methyl sites for hydroxylation is 1. The van der Waals surface area contributed by atoms with Gasteiger partial charge in [0.1, 0.15) is 5.82 Å². The molecule has 0 aliphatic heterocycles. The van der Waals surface area contributed by atoms with E-state index in [1.165, 1.54) is 6.07 Å². The molecule has 2 N–H and O–H groups in total. The van der Waals surface area contributed by atoms with Crippen molar-refractivity contribution in [3.8, 4) is 0 Å². The number of nitrogens with two attached hydrogens (primary N) is 1. The van der Waals surface area contributed by atoms with Gasteiger partial charge in [-0.2, -0.15) is 0 Å². The maximum Gasteiger partial charge on any atom is 0.126 e. The van der Waals surface area contributed by atoms with Gasteiger partial charge in [0.15, 0.2) is 0 Å². The Kier molecular flexibility index (Phi) is 3.00. The molecule has 0 heterocycles. The highest BCUT2D eigenvalue weighted by Crippen LogP contribution is 2.43. The molecular formula is C13H18FNO. The zero-order valence-corrected chi connectivity index (χ0v) is 9.79. The second-order valence-corrected chi connectivity index (χ2v) is 4.61. The van der Waals surface area contributed by atoms with Gasteiger partial charge in [-0.3, -0.25) is 0 Å². The van der Waals surface area contributed by atoms with E-state index in [0.717, 1.165) is 24.8 Å². The van der Waals surface area contributed by atoms with Gasteiger partial charge in [0.05, 0.1) is 11.6 Å². The lowest BCUT2D eigenvalue weighted by molar-refractivity contribution is -0.0912. The number of hydrogen-bond acceptors (Lipinski definition) is 2. The van der Waals surface area contributed by atoms with Crippen LogP contribution in [0.4, 0.5) is 4.39 Å². The number of rotatable bonds is 3. The van der Waals surface area contributed by atoms with Crippen LogP contribution in [0.15, 0.2) is 18.2 Å². The molecule has 2 nitrogen and oxygen atoms in total. The Hall–Kier alpha value is -0.930. The van der Waals surface area contributed by atoms with Crippen LogP contribution in [0.2, 0.25) is 0 Å². The summed E-state index contributed by atoms with van der Waals surface area (Å²) in [7, 11) is 1.68. The fourth-order valence-electron chi connectivity index (χ4n) is 2.27. The number of benzene rings is 1. The first-order chi connectivity index (χ1) is 7.59. The zero-order valence-electron chi connectivity index (χ0n) is 9.79. The molecule has 0 bridgehead atoms. The summed E-state index contributed by atoms with van der Waals surface area (Å²) in [5.41, 5.74) is 7.37. The molecule has 0 radical (unpaired) electrons. The predicted octanol–water partition coefficient (Wildman–Crippen LogP) is 2.70. The standard InChI is InChI=1S/C13H18FNO/c1-9-4-5-10(8-11(9)14)12(15)13(16-2)6-3-7-13/h4-5,8,12H,3,6-7,15H2,1-2H3. The highest BCUT2D eigenvalue weighted by atomic mass is 19.1. The van der Waals surface area contributed by atoms with Gasteiger partial charge < -0.3 is 10.5 Å². The van der Waals surface area contributed by atoms with Crippen molar-refractivity contribution >= 4 is 0 Å². The first kappa shape index (κ1) is 11.6. The summed E-state index contributed by atoms with van der Waals surface area (Å²) in [5, 5.41) is 0. The molecule has 0 aromatic heterocycles. The molecule has 1 aromatic rings. The summed E-state index contributed by atoms with van der Waals surface area (Å²) in [4.78, 5) is 0. The molecule has 1 aliphatic rings. The molecular weight excluding hydrogens is 205 g/mol. The Morgan fingerprint density at radius 3 is 2.56 bits per heavy atom. The minimum atomic E-state index is -0.276. The molecule has 1 saturated carbocycles. The van der Waals surface area contributed by atoms with Gasteiger partial charge in [0, 0.05) is 7.11 Å². The van der Waals surface area contributed by atoms with Crippen molar-refractivity contribution in [1.29, 1.82) is 0 Å². The van der Waals surface area contributed by atoms with Gasteiger partial charge in [-0.25, -0.2) is 4.39 Å². The minimum absolute atomic E-state index is 0.196. The van der Waals surface area contributed by atoms with E-state index in [1.54, 1.807) is 20.1 Å². The van der Waals surface area contributed by atoms with Crippen molar-refractivity contribution in [2.75, 3.05) is 7.11 Å². The van der Waals surface area contributed by atoms with E-state index >= 15 is 0 Å². The third kappa shape index (κ3) is 1.74. The monoisotopic (exact) mass is 223 g/mol. The van der Waals surface area contributed by atoms with Crippen LogP contribution in [0.25, 0.3) is 0 Å². The van der Waals surface area contributed by atoms with E-state index < -0.39 is 0 Å².